The number of carbonyl (C=O) groups is 1. The molecule has 3 rings (SSSR count). The van der Waals surface area contributed by atoms with E-state index in [0.29, 0.717) is 12.5 Å². The first-order valence-corrected chi connectivity index (χ1v) is 10.1. The van der Waals surface area contributed by atoms with Crippen molar-refractivity contribution < 1.29 is 4.79 Å². The average molecular weight is 367 g/mol. The molecule has 27 heavy (non-hydrogen) atoms. The molecule has 1 heterocycles. The van der Waals surface area contributed by atoms with Gasteiger partial charge in [-0.2, -0.15) is 0 Å². The zero-order valence-corrected chi connectivity index (χ0v) is 16.5. The largest absolute Gasteiger partial charge is 0.352 e. The highest BCUT2D eigenvalue weighted by Gasteiger charge is 2.20. The zero-order valence-electron chi connectivity index (χ0n) is 16.5. The number of hydrogen-bond donors (Lipinski definition) is 1. The fourth-order valence-electron chi connectivity index (χ4n) is 3.96. The standard InChI is InChI=1S/C23H30N2O2/c1-17-15-21(22(26)24-14-13-19-9-5-3-6-10-19)23(27)25(18(17)2)16-20-11-7-4-8-12-20/h3,5-6,9-10,15,20H,4,7-8,11-14,16H2,1-2H3,(H,24,26). The van der Waals surface area contributed by atoms with Gasteiger partial charge in [-0.05, 0) is 56.2 Å². The summed E-state index contributed by atoms with van der Waals surface area (Å²) in [7, 11) is 0. The Bertz CT molecular complexity index is 833. The molecule has 1 aliphatic rings. The second kappa shape index (κ2) is 9.03. The Labute approximate surface area is 161 Å². The molecule has 4 nitrogen and oxygen atoms in total. The van der Waals surface area contributed by atoms with Gasteiger partial charge in [0, 0.05) is 18.8 Å². The Balaban J connectivity index is 1.72. The predicted molar refractivity (Wildman–Crippen MR) is 109 cm³/mol. The number of nitrogens with zero attached hydrogens (tertiary/aromatic N) is 1. The fraction of sp³-hybridized carbons (Fsp3) is 0.478. The van der Waals surface area contributed by atoms with Crippen LogP contribution >= 0.6 is 0 Å². The highest BCUT2D eigenvalue weighted by atomic mass is 16.2. The summed E-state index contributed by atoms with van der Waals surface area (Å²) in [5.41, 5.74) is 3.26. The van der Waals surface area contributed by atoms with Gasteiger partial charge in [-0.3, -0.25) is 9.59 Å². The van der Waals surface area contributed by atoms with Crippen LogP contribution in [-0.2, 0) is 13.0 Å². The number of hydrogen-bond acceptors (Lipinski definition) is 2. The second-order valence-corrected chi connectivity index (χ2v) is 7.74. The Kier molecular flexibility index (Phi) is 6.49. The SMILES string of the molecule is Cc1cc(C(=O)NCCc2ccccc2)c(=O)n(CC2CCCCC2)c1C. The number of benzene rings is 1. The molecule has 0 unspecified atom stereocenters. The molecule has 0 saturated heterocycles. The lowest BCUT2D eigenvalue weighted by Gasteiger charge is -2.24. The van der Waals surface area contributed by atoms with E-state index in [1.807, 2.05) is 48.7 Å². The summed E-state index contributed by atoms with van der Waals surface area (Å²) in [5, 5.41) is 2.91. The summed E-state index contributed by atoms with van der Waals surface area (Å²) in [6.45, 7) is 5.22. The first kappa shape index (κ1) is 19.4. The number of nitrogens with one attached hydrogen (secondary N) is 1. The Morgan fingerprint density at radius 2 is 1.81 bits per heavy atom. The summed E-state index contributed by atoms with van der Waals surface area (Å²) in [5.74, 6) is 0.280. The first-order valence-electron chi connectivity index (χ1n) is 10.1. The molecule has 0 spiro atoms. The molecule has 1 saturated carbocycles. The maximum absolute atomic E-state index is 13.0. The summed E-state index contributed by atoms with van der Waals surface area (Å²) in [4.78, 5) is 25.6. The zero-order chi connectivity index (χ0) is 19.2. The summed E-state index contributed by atoms with van der Waals surface area (Å²) < 4.78 is 1.83. The van der Waals surface area contributed by atoms with Crippen LogP contribution in [0.25, 0.3) is 0 Å². The minimum atomic E-state index is -0.267. The minimum absolute atomic E-state index is 0.152. The quantitative estimate of drug-likeness (QED) is 0.839. The van der Waals surface area contributed by atoms with Crippen molar-refractivity contribution in [3.8, 4) is 0 Å². The molecule has 1 N–H and O–H groups in total. The van der Waals surface area contributed by atoms with Crippen molar-refractivity contribution >= 4 is 5.91 Å². The number of amides is 1. The Morgan fingerprint density at radius 3 is 2.52 bits per heavy atom. The van der Waals surface area contributed by atoms with Gasteiger partial charge in [0.15, 0.2) is 0 Å². The number of pyridine rings is 1. The van der Waals surface area contributed by atoms with E-state index in [9.17, 15) is 9.59 Å². The molecule has 2 aromatic rings. The molecular weight excluding hydrogens is 336 g/mol. The van der Waals surface area contributed by atoms with Crippen molar-refractivity contribution in [3.63, 3.8) is 0 Å². The van der Waals surface area contributed by atoms with E-state index in [2.05, 4.69) is 5.32 Å². The van der Waals surface area contributed by atoms with E-state index in [1.54, 1.807) is 6.07 Å². The van der Waals surface area contributed by atoms with Crippen molar-refractivity contribution in [2.45, 2.75) is 58.9 Å². The fourth-order valence-corrected chi connectivity index (χ4v) is 3.96. The lowest BCUT2D eigenvalue weighted by molar-refractivity contribution is 0.0951. The van der Waals surface area contributed by atoms with Crippen LogP contribution in [0.2, 0.25) is 0 Å². The lowest BCUT2D eigenvalue weighted by atomic mass is 9.89. The predicted octanol–water partition coefficient (Wildman–Crippen LogP) is 4.02. The van der Waals surface area contributed by atoms with E-state index in [0.717, 1.165) is 24.2 Å². The van der Waals surface area contributed by atoms with E-state index >= 15 is 0 Å². The molecular formula is C23H30N2O2. The third kappa shape index (κ3) is 4.88. The molecule has 1 aromatic heterocycles. The number of rotatable bonds is 6. The Morgan fingerprint density at radius 1 is 1.11 bits per heavy atom. The molecule has 0 atom stereocenters. The van der Waals surface area contributed by atoms with Gasteiger partial charge in [0.25, 0.3) is 11.5 Å². The van der Waals surface area contributed by atoms with Gasteiger partial charge in [0.05, 0.1) is 0 Å². The van der Waals surface area contributed by atoms with Crippen LogP contribution < -0.4 is 10.9 Å². The van der Waals surface area contributed by atoms with Crippen LogP contribution in [0.3, 0.4) is 0 Å². The van der Waals surface area contributed by atoms with Crippen molar-refractivity contribution in [3.05, 3.63) is 69.1 Å². The van der Waals surface area contributed by atoms with Crippen LogP contribution in [0.5, 0.6) is 0 Å². The van der Waals surface area contributed by atoms with Crippen LogP contribution in [0.1, 0.15) is 59.3 Å². The minimum Gasteiger partial charge on any atom is -0.352 e. The molecule has 1 aromatic carbocycles. The van der Waals surface area contributed by atoms with Crippen LogP contribution in [0, 0.1) is 19.8 Å². The number of aryl methyl sites for hydroxylation is 1. The van der Waals surface area contributed by atoms with E-state index in [-0.39, 0.29) is 17.0 Å². The van der Waals surface area contributed by atoms with Crippen molar-refractivity contribution in [1.82, 2.24) is 9.88 Å². The normalized spacial score (nSPS) is 14.9. The molecule has 1 amide bonds. The third-order valence-electron chi connectivity index (χ3n) is 5.76. The molecule has 1 fully saturated rings. The van der Waals surface area contributed by atoms with Gasteiger partial charge in [-0.25, -0.2) is 0 Å². The van der Waals surface area contributed by atoms with Gasteiger partial charge in [-0.15, -0.1) is 0 Å². The summed E-state index contributed by atoms with van der Waals surface area (Å²) in [6.07, 6.45) is 6.91. The van der Waals surface area contributed by atoms with Crippen molar-refractivity contribution in [2.24, 2.45) is 5.92 Å². The second-order valence-electron chi connectivity index (χ2n) is 7.74. The Hall–Kier alpha value is -2.36. The van der Waals surface area contributed by atoms with E-state index in [1.165, 1.54) is 37.7 Å². The molecule has 0 radical (unpaired) electrons. The lowest BCUT2D eigenvalue weighted by Crippen LogP contribution is -2.36. The van der Waals surface area contributed by atoms with Crippen molar-refractivity contribution in [1.29, 1.82) is 0 Å². The van der Waals surface area contributed by atoms with Crippen molar-refractivity contribution in [2.75, 3.05) is 6.54 Å². The average Bonchev–Trinajstić information content (AvgIpc) is 2.69. The molecule has 1 aliphatic carbocycles. The highest BCUT2D eigenvalue weighted by molar-refractivity contribution is 5.94. The smallest absolute Gasteiger partial charge is 0.263 e. The van der Waals surface area contributed by atoms with Gasteiger partial charge in [0.2, 0.25) is 0 Å². The number of aromatic nitrogens is 1. The third-order valence-corrected chi connectivity index (χ3v) is 5.76. The van der Waals surface area contributed by atoms with E-state index in [4.69, 9.17) is 0 Å². The molecule has 144 valence electrons. The summed E-state index contributed by atoms with van der Waals surface area (Å²) >= 11 is 0. The van der Waals surface area contributed by atoms with Gasteiger partial charge < -0.3 is 9.88 Å². The topological polar surface area (TPSA) is 51.1 Å². The molecule has 4 heteroatoms. The van der Waals surface area contributed by atoms with Crippen LogP contribution in [0.15, 0.2) is 41.2 Å². The van der Waals surface area contributed by atoms with Crippen LogP contribution in [0.4, 0.5) is 0 Å². The number of carbonyl (C=O) groups excluding carboxylic acids is 1. The monoisotopic (exact) mass is 366 g/mol. The maximum Gasteiger partial charge on any atom is 0.263 e. The first-order chi connectivity index (χ1) is 13.1. The molecule has 0 bridgehead atoms. The van der Waals surface area contributed by atoms with Gasteiger partial charge >= 0.3 is 0 Å². The van der Waals surface area contributed by atoms with Crippen LogP contribution in [-0.4, -0.2) is 17.0 Å². The maximum atomic E-state index is 13.0. The van der Waals surface area contributed by atoms with Gasteiger partial charge in [0.1, 0.15) is 5.56 Å². The summed E-state index contributed by atoms with van der Waals surface area (Å²) in [6, 6.07) is 11.8. The highest BCUT2D eigenvalue weighted by Crippen LogP contribution is 2.25. The molecule has 0 aliphatic heterocycles. The van der Waals surface area contributed by atoms with Gasteiger partial charge in [-0.1, -0.05) is 49.6 Å². The van der Waals surface area contributed by atoms with E-state index < -0.39 is 0 Å².